The number of amides is 2. The minimum Gasteiger partial charge on any atom is -0.478 e. The molecule has 2 amide bonds. The van der Waals surface area contributed by atoms with Gasteiger partial charge in [0.2, 0.25) is 5.91 Å². The molecule has 9 heteroatoms. The summed E-state index contributed by atoms with van der Waals surface area (Å²) < 4.78 is 1.86. The van der Waals surface area contributed by atoms with Crippen LogP contribution in [0.1, 0.15) is 35.3 Å². The van der Waals surface area contributed by atoms with E-state index in [0.717, 1.165) is 20.5 Å². The van der Waals surface area contributed by atoms with Crippen molar-refractivity contribution in [1.82, 2.24) is 14.3 Å². The Kier molecular flexibility index (Phi) is 5.96. The number of hydrogen-bond donors (Lipinski definition) is 2. The lowest BCUT2D eigenvalue weighted by molar-refractivity contribution is -0.118. The van der Waals surface area contributed by atoms with Gasteiger partial charge in [-0.2, -0.15) is 4.68 Å². The Morgan fingerprint density at radius 1 is 1.10 bits per heavy atom. The highest BCUT2D eigenvalue weighted by molar-refractivity contribution is 6.03. The number of aromatic carboxylic acids is 1. The van der Waals surface area contributed by atoms with E-state index in [-0.39, 0.29) is 29.1 Å². The highest BCUT2D eigenvalue weighted by Gasteiger charge is 2.28. The summed E-state index contributed by atoms with van der Waals surface area (Å²) in [6, 6.07) is 10.8. The number of aryl methyl sites for hydroxylation is 1. The van der Waals surface area contributed by atoms with Crippen molar-refractivity contribution >= 4 is 28.8 Å². The Morgan fingerprint density at radius 3 is 2.35 bits per heavy atom. The minimum atomic E-state index is -1.28. The smallest absolute Gasteiger partial charge is 0.346 e. The average Bonchev–Trinajstić information content (AvgIpc) is 2.98. The van der Waals surface area contributed by atoms with Crippen LogP contribution in [0.3, 0.4) is 0 Å². The molecule has 0 bridgehead atoms. The number of carbonyl (C=O) groups excluding carboxylic acids is 2. The molecule has 0 radical (unpaired) electrons. The summed E-state index contributed by atoms with van der Waals surface area (Å²) in [5.41, 5.74) is 6.31. The maximum Gasteiger partial charge on any atom is 0.346 e. The van der Waals surface area contributed by atoms with Gasteiger partial charge >= 0.3 is 12.0 Å². The van der Waals surface area contributed by atoms with Crippen LogP contribution < -0.4 is 11.3 Å². The maximum absolute atomic E-state index is 13.5. The molecule has 0 atom stereocenters. The van der Waals surface area contributed by atoms with Gasteiger partial charge in [-0.25, -0.2) is 9.59 Å². The molecule has 162 valence electrons. The molecule has 3 rings (SSSR count). The summed E-state index contributed by atoms with van der Waals surface area (Å²) >= 11 is 0. The van der Waals surface area contributed by atoms with E-state index < -0.39 is 30.0 Å². The van der Waals surface area contributed by atoms with Crippen molar-refractivity contribution in [3.05, 3.63) is 69.5 Å². The monoisotopic (exact) mass is 424 g/mol. The number of carboxylic acid groups (broad SMARTS) is 1. The van der Waals surface area contributed by atoms with Crippen LogP contribution in [-0.4, -0.2) is 43.3 Å². The Hall–Kier alpha value is -3.88. The molecule has 1 aromatic heterocycles. The second-order valence-electron chi connectivity index (χ2n) is 7.58. The van der Waals surface area contributed by atoms with Crippen LogP contribution in [0.5, 0.6) is 0 Å². The fraction of sp³-hybridized carbons (Fsp3) is 0.273. The van der Waals surface area contributed by atoms with Crippen molar-refractivity contribution in [2.45, 2.75) is 39.9 Å². The van der Waals surface area contributed by atoms with E-state index in [1.807, 2.05) is 45.0 Å². The molecule has 2 aromatic carbocycles. The minimum absolute atomic E-state index is 0.0215. The summed E-state index contributed by atoms with van der Waals surface area (Å²) in [4.78, 5) is 51.6. The first-order valence-electron chi connectivity index (χ1n) is 9.75. The van der Waals surface area contributed by atoms with Crippen LogP contribution in [0, 0.1) is 6.92 Å². The number of carbonyl (C=O) groups is 3. The second kappa shape index (κ2) is 8.47. The van der Waals surface area contributed by atoms with Gasteiger partial charge in [0.15, 0.2) is 0 Å². The van der Waals surface area contributed by atoms with Crippen molar-refractivity contribution in [2.75, 3.05) is 0 Å². The first kappa shape index (κ1) is 21.8. The summed E-state index contributed by atoms with van der Waals surface area (Å²) in [6.07, 6.45) is 0. The van der Waals surface area contributed by atoms with Gasteiger partial charge in [-0.05, 0) is 44.0 Å². The molecule has 0 spiro atoms. The van der Waals surface area contributed by atoms with Gasteiger partial charge in [0, 0.05) is 12.6 Å². The lowest BCUT2D eigenvalue weighted by Crippen LogP contribution is -2.45. The molecule has 0 saturated heterocycles. The third-order valence-corrected chi connectivity index (χ3v) is 5.15. The topological polar surface area (TPSA) is 128 Å². The number of nitrogens with two attached hydrogens (primary N) is 1. The van der Waals surface area contributed by atoms with Crippen LogP contribution in [-0.2, 0) is 17.9 Å². The van der Waals surface area contributed by atoms with Crippen molar-refractivity contribution in [1.29, 1.82) is 0 Å². The molecule has 0 aliphatic heterocycles. The zero-order valence-electron chi connectivity index (χ0n) is 17.5. The molecule has 1 heterocycles. The summed E-state index contributed by atoms with van der Waals surface area (Å²) in [6.45, 7) is 5.26. The van der Waals surface area contributed by atoms with E-state index in [2.05, 4.69) is 0 Å². The van der Waals surface area contributed by atoms with Crippen LogP contribution in [0.25, 0.3) is 10.9 Å². The first-order valence-corrected chi connectivity index (χ1v) is 9.75. The lowest BCUT2D eigenvalue weighted by Gasteiger charge is -2.28. The van der Waals surface area contributed by atoms with Crippen molar-refractivity contribution < 1.29 is 19.5 Å². The largest absolute Gasteiger partial charge is 0.478 e. The lowest BCUT2D eigenvalue weighted by atomic mass is 10.1. The molecule has 31 heavy (non-hydrogen) atoms. The predicted molar refractivity (Wildman–Crippen MR) is 115 cm³/mol. The average molecular weight is 424 g/mol. The van der Waals surface area contributed by atoms with E-state index in [1.54, 1.807) is 0 Å². The SMILES string of the molecule is Cc1ccccc1CN(C(=O)n1c(=O)c2cccc(C(=O)O)c2n1CC(N)=O)C(C)C. The highest BCUT2D eigenvalue weighted by Crippen LogP contribution is 2.20. The molecular formula is C22H24N4O5. The number of para-hydroxylation sites is 1. The molecule has 3 N–H and O–H groups in total. The Bertz CT molecular complexity index is 1240. The van der Waals surface area contributed by atoms with Gasteiger partial charge < -0.3 is 15.7 Å². The molecule has 0 fully saturated rings. The number of nitrogens with zero attached hydrogens (tertiary/aromatic N) is 3. The molecule has 9 nitrogen and oxygen atoms in total. The van der Waals surface area contributed by atoms with Crippen molar-refractivity contribution in [2.24, 2.45) is 5.73 Å². The highest BCUT2D eigenvalue weighted by atomic mass is 16.4. The molecule has 3 aromatic rings. The standard InChI is InChI=1S/C22H24N4O5/c1-13(2)24(11-15-8-5-4-7-14(15)3)22(31)26-20(28)16-9-6-10-17(21(29)30)19(16)25(26)12-18(23)27/h4-10,13H,11-12H2,1-3H3,(H2,23,27)(H,29,30). The van der Waals surface area contributed by atoms with Crippen molar-refractivity contribution in [3.63, 3.8) is 0 Å². The Labute approximate surface area is 178 Å². The summed E-state index contributed by atoms with van der Waals surface area (Å²) in [5, 5.41) is 9.59. The normalized spacial score (nSPS) is 11.1. The van der Waals surface area contributed by atoms with Crippen LogP contribution >= 0.6 is 0 Å². The molecule has 0 aliphatic carbocycles. The number of hydrogen-bond acceptors (Lipinski definition) is 4. The van der Waals surface area contributed by atoms with Crippen molar-refractivity contribution in [3.8, 4) is 0 Å². The van der Waals surface area contributed by atoms with Crippen LogP contribution in [0.4, 0.5) is 4.79 Å². The first-order chi connectivity index (χ1) is 14.6. The third kappa shape index (κ3) is 4.07. The molecule has 0 unspecified atom stereocenters. The van der Waals surface area contributed by atoms with Gasteiger partial charge in [0.05, 0.1) is 16.5 Å². The zero-order chi connectivity index (χ0) is 22.9. The number of benzene rings is 2. The fourth-order valence-electron chi connectivity index (χ4n) is 3.54. The van der Waals surface area contributed by atoms with Gasteiger partial charge in [-0.1, -0.05) is 30.3 Å². The zero-order valence-corrected chi connectivity index (χ0v) is 17.5. The van der Waals surface area contributed by atoms with E-state index in [9.17, 15) is 24.3 Å². The molecular weight excluding hydrogens is 400 g/mol. The van der Waals surface area contributed by atoms with Gasteiger partial charge in [0.1, 0.15) is 6.54 Å². The second-order valence-corrected chi connectivity index (χ2v) is 7.58. The van der Waals surface area contributed by atoms with Crippen LogP contribution in [0.2, 0.25) is 0 Å². The number of fused-ring (bicyclic) bond motifs is 1. The van der Waals surface area contributed by atoms with Crippen LogP contribution in [0.15, 0.2) is 47.3 Å². The summed E-state index contributed by atoms with van der Waals surface area (Å²) in [7, 11) is 0. The number of rotatable bonds is 6. The maximum atomic E-state index is 13.5. The van der Waals surface area contributed by atoms with Gasteiger partial charge in [0.25, 0.3) is 5.56 Å². The quantitative estimate of drug-likeness (QED) is 0.627. The van der Waals surface area contributed by atoms with Gasteiger partial charge in [-0.15, -0.1) is 0 Å². The number of primary amides is 1. The van der Waals surface area contributed by atoms with Gasteiger partial charge in [-0.3, -0.25) is 14.3 Å². The molecule has 0 aliphatic rings. The van der Waals surface area contributed by atoms with E-state index in [1.165, 1.54) is 23.1 Å². The number of carboxylic acids is 1. The predicted octanol–water partition coefficient (Wildman–Crippen LogP) is 2.17. The Balaban J connectivity index is 2.23. The number of aromatic nitrogens is 2. The summed E-state index contributed by atoms with van der Waals surface area (Å²) in [5.74, 6) is -2.09. The third-order valence-electron chi connectivity index (χ3n) is 5.15. The fourth-order valence-corrected chi connectivity index (χ4v) is 3.54. The Morgan fingerprint density at radius 2 is 1.77 bits per heavy atom. The van der Waals surface area contributed by atoms with E-state index in [4.69, 9.17) is 5.73 Å². The van der Waals surface area contributed by atoms with E-state index >= 15 is 0 Å². The molecule has 0 saturated carbocycles. The van der Waals surface area contributed by atoms with E-state index in [0.29, 0.717) is 0 Å².